The number of nitrogens with one attached hydrogen (secondary N) is 1. The molecule has 18 heavy (non-hydrogen) atoms. The predicted octanol–water partition coefficient (Wildman–Crippen LogP) is 0.0533. The van der Waals surface area contributed by atoms with Crippen molar-refractivity contribution in [2.75, 3.05) is 31.1 Å². The van der Waals surface area contributed by atoms with E-state index in [-0.39, 0.29) is 41.8 Å². The summed E-state index contributed by atoms with van der Waals surface area (Å²) in [6, 6.07) is -0.178. The maximum absolute atomic E-state index is 12.3. The van der Waals surface area contributed by atoms with E-state index >= 15 is 0 Å². The van der Waals surface area contributed by atoms with E-state index in [9.17, 15) is 13.2 Å². The Hall–Kier alpha value is -0.330. The number of halogens is 1. The molecule has 2 rings (SSSR count). The van der Waals surface area contributed by atoms with Crippen LogP contribution < -0.4 is 5.32 Å². The summed E-state index contributed by atoms with van der Waals surface area (Å²) in [6.07, 6.45) is 1.94. The lowest BCUT2D eigenvalue weighted by Gasteiger charge is -2.36. The molecule has 0 aromatic heterocycles. The number of hydrogen-bond acceptors (Lipinski definition) is 4. The lowest BCUT2D eigenvalue weighted by atomic mass is 9.97. The van der Waals surface area contributed by atoms with Crippen molar-refractivity contribution < 1.29 is 13.2 Å². The minimum atomic E-state index is -2.94. The third-order valence-electron chi connectivity index (χ3n) is 3.60. The maximum atomic E-state index is 12.3. The van der Waals surface area contributed by atoms with Gasteiger partial charge in [0.25, 0.3) is 0 Å². The van der Waals surface area contributed by atoms with Gasteiger partial charge in [-0.05, 0) is 26.3 Å². The SMILES string of the molecule is CC1CS(=O)(=O)CCN1C(=O)[C@@H]1CCCNC1.Cl. The Morgan fingerprint density at radius 1 is 1.39 bits per heavy atom. The number of hydrogen-bond donors (Lipinski definition) is 1. The van der Waals surface area contributed by atoms with E-state index in [1.54, 1.807) is 4.90 Å². The van der Waals surface area contributed by atoms with Crippen molar-refractivity contribution in [1.82, 2.24) is 10.2 Å². The topological polar surface area (TPSA) is 66.5 Å². The molecule has 0 aromatic carbocycles. The Balaban J connectivity index is 0.00000162. The summed E-state index contributed by atoms with van der Waals surface area (Å²) in [5.74, 6) is 0.383. The quantitative estimate of drug-likeness (QED) is 0.743. The van der Waals surface area contributed by atoms with E-state index < -0.39 is 9.84 Å². The first-order valence-corrected chi connectivity index (χ1v) is 8.03. The zero-order chi connectivity index (χ0) is 12.5. The van der Waals surface area contributed by atoms with Gasteiger partial charge < -0.3 is 10.2 Å². The minimum Gasteiger partial charge on any atom is -0.338 e. The van der Waals surface area contributed by atoms with Gasteiger partial charge in [-0.2, -0.15) is 0 Å². The van der Waals surface area contributed by atoms with Gasteiger partial charge in [0.15, 0.2) is 9.84 Å². The minimum absolute atomic E-state index is 0. The molecule has 2 saturated heterocycles. The van der Waals surface area contributed by atoms with Crippen LogP contribution in [0.5, 0.6) is 0 Å². The highest BCUT2D eigenvalue weighted by Gasteiger charge is 2.34. The molecule has 0 bridgehead atoms. The molecule has 2 aliphatic heterocycles. The molecule has 1 N–H and O–H groups in total. The first-order chi connectivity index (χ1) is 7.99. The molecule has 2 fully saturated rings. The molecule has 1 amide bonds. The summed E-state index contributed by atoms with van der Waals surface area (Å²) < 4.78 is 22.9. The van der Waals surface area contributed by atoms with Crippen LogP contribution in [0.25, 0.3) is 0 Å². The van der Waals surface area contributed by atoms with Crippen LogP contribution in [-0.4, -0.2) is 56.4 Å². The van der Waals surface area contributed by atoms with E-state index in [0.29, 0.717) is 6.54 Å². The Morgan fingerprint density at radius 2 is 2.11 bits per heavy atom. The van der Waals surface area contributed by atoms with Crippen molar-refractivity contribution >= 4 is 28.2 Å². The zero-order valence-corrected chi connectivity index (χ0v) is 12.2. The molecule has 0 radical (unpaired) electrons. The lowest BCUT2D eigenvalue weighted by Crippen LogP contribution is -2.53. The molecular weight excluding hydrogens is 276 g/mol. The third kappa shape index (κ3) is 3.59. The first kappa shape index (κ1) is 15.7. The van der Waals surface area contributed by atoms with E-state index in [0.717, 1.165) is 25.9 Å². The average molecular weight is 297 g/mol. The second-order valence-corrected chi connectivity index (χ2v) is 7.27. The van der Waals surface area contributed by atoms with Crippen LogP contribution >= 0.6 is 12.4 Å². The van der Waals surface area contributed by atoms with Crippen LogP contribution in [0.1, 0.15) is 19.8 Å². The van der Waals surface area contributed by atoms with Gasteiger partial charge in [-0.15, -0.1) is 12.4 Å². The van der Waals surface area contributed by atoms with Crippen molar-refractivity contribution in [1.29, 1.82) is 0 Å². The highest BCUT2D eigenvalue weighted by molar-refractivity contribution is 7.91. The molecular formula is C11H21ClN2O3S. The van der Waals surface area contributed by atoms with Crippen LogP contribution in [-0.2, 0) is 14.6 Å². The maximum Gasteiger partial charge on any atom is 0.227 e. The van der Waals surface area contributed by atoms with Gasteiger partial charge >= 0.3 is 0 Å². The second kappa shape index (κ2) is 6.21. The summed E-state index contributed by atoms with van der Waals surface area (Å²) in [5.41, 5.74) is 0. The van der Waals surface area contributed by atoms with Gasteiger partial charge in [0.1, 0.15) is 0 Å². The van der Waals surface area contributed by atoms with E-state index in [2.05, 4.69) is 5.32 Å². The molecule has 7 heteroatoms. The number of rotatable bonds is 1. The smallest absolute Gasteiger partial charge is 0.227 e. The van der Waals surface area contributed by atoms with Crippen LogP contribution in [0, 0.1) is 5.92 Å². The molecule has 0 spiro atoms. The van der Waals surface area contributed by atoms with Crippen molar-refractivity contribution in [3.05, 3.63) is 0 Å². The van der Waals surface area contributed by atoms with E-state index in [4.69, 9.17) is 0 Å². The lowest BCUT2D eigenvalue weighted by molar-refractivity contribution is -0.137. The Morgan fingerprint density at radius 3 is 2.67 bits per heavy atom. The first-order valence-electron chi connectivity index (χ1n) is 6.21. The average Bonchev–Trinajstić information content (AvgIpc) is 2.28. The van der Waals surface area contributed by atoms with Crippen molar-refractivity contribution in [3.8, 4) is 0 Å². The Labute approximate surface area is 115 Å². The summed E-state index contributed by atoms with van der Waals surface area (Å²) >= 11 is 0. The number of carbonyl (C=O) groups is 1. The van der Waals surface area contributed by atoms with Crippen molar-refractivity contribution in [2.45, 2.75) is 25.8 Å². The molecule has 2 atom stereocenters. The molecule has 2 aliphatic rings. The molecule has 0 saturated carbocycles. The molecule has 5 nitrogen and oxygen atoms in total. The molecule has 2 heterocycles. The summed E-state index contributed by atoms with van der Waals surface area (Å²) in [4.78, 5) is 14.0. The highest BCUT2D eigenvalue weighted by Crippen LogP contribution is 2.18. The number of sulfone groups is 1. The van der Waals surface area contributed by atoms with Gasteiger partial charge in [0, 0.05) is 19.1 Å². The fourth-order valence-electron chi connectivity index (χ4n) is 2.62. The van der Waals surface area contributed by atoms with Gasteiger partial charge in [-0.1, -0.05) is 0 Å². The highest BCUT2D eigenvalue weighted by atomic mass is 35.5. The third-order valence-corrected chi connectivity index (χ3v) is 5.39. The predicted molar refractivity (Wildman–Crippen MR) is 72.7 cm³/mol. The van der Waals surface area contributed by atoms with Crippen LogP contribution in [0.15, 0.2) is 0 Å². The number of amides is 1. The normalized spacial score (nSPS) is 31.5. The summed E-state index contributed by atoms with van der Waals surface area (Å²) in [7, 11) is -2.94. The second-order valence-electron chi connectivity index (χ2n) is 5.04. The van der Waals surface area contributed by atoms with Gasteiger partial charge in [0.2, 0.25) is 5.91 Å². The molecule has 0 aromatic rings. The number of nitrogens with zero attached hydrogens (tertiary/aromatic N) is 1. The standard InChI is InChI=1S/C11H20N2O3S.ClH/c1-9-8-17(15,16)6-5-13(9)11(14)10-3-2-4-12-7-10;/h9-10,12H,2-8H2,1H3;1H/t9?,10-;/m1./s1. The summed E-state index contributed by atoms with van der Waals surface area (Å²) in [6.45, 7) is 3.90. The monoisotopic (exact) mass is 296 g/mol. The van der Waals surface area contributed by atoms with Gasteiger partial charge in [-0.3, -0.25) is 4.79 Å². The summed E-state index contributed by atoms with van der Waals surface area (Å²) in [5, 5.41) is 3.22. The molecule has 106 valence electrons. The fourth-order valence-corrected chi connectivity index (χ4v) is 4.18. The Bertz CT molecular complexity index is 393. The van der Waals surface area contributed by atoms with Crippen LogP contribution in [0.2, 0.25) is 0 Å². The van der Waals surface area contributed by atoms with Gasteiger partial charge in [-0.25, -0.2) is 8.42 Å². The number of piperidine rings is 1. The zero-order valence-electron chi connectivity index (χ0n) is 10.6. The molecule has 1 unspecified atom stereocenters. The Kier molecular flexibility index (Phi) is 5.43. The van der Waals surface area contributed by atoms with Crippen molar-refractivity contribution in [3.63, 3.8) is 0 Å². The van der Waals surface area contributed by atoms with E-state index in [1.807, 2.05) is 6.92 Å². The fraction of sp³-hybridized carbons (Fsp3) is 0.909. The van der Waals surface area contributed by atoms with Crippen molar-refractivity contribution in [2.24, 2.45) is 5.92 Å². The number of carbonyl (C=O) groups excluding carboxylic acids is 1. The van der Waals surface area contributed by atoms with Crippen LogP contribution in [0.3, 0.4) is 0 Å². The van der Waals surface area contributed by atoms with Crippen LogP contribution in [0.4, 0.5) is 0 Å². The van der Waals surface area contributed by atoms with Gasteiger partial charge in [0.05, 0.1) is 17.4 Å². The van der Waals surface area contributed by atoms with E-state index in [1.165, 1.54) is 0 Å². The molecule has 0 aliphatic carbocycles. The largest absolute Gasteiger partial charge is 0.338 e.